The summed E-state index contributed by atoms with van der Waals surface area (Å²) >= 11 is 1.29. The normalized spacial score (nSPS) is 10.3. The third-order valence-corrected chi connectivity index (χ3v) is 3.71. The molecule has 5 nitrogen and oxygen atoms in total. The second-order valence-corrected chi connectivity index (χ2v) is 5.07. The van der Waals surface area contributed by atoms with Gasteiger partial charge in [0.15, 0.2) is 0 Å². The minimum Gasteiger partial charge on any atom is -0.496 e. The van der Waals surface area contributed by atoms with Gasteiger partial charge in [0.05, 0.1) is 18.4 Å². The highest BCUT2D eigenvalue weighted by molar-refractivity contribution is 7.19. The van der Waals surface area contributed by atoms with Crippen LogP contribution in [0.15, 0.2) is 18.2 Å². The van der Waals surface area contributed by atoms with Crippen molar-refractivity contribution in [2.75, 3.05) is 12.4 Å². The number of carboxylic acid groups (broad SMARTS) is 1. The lowest BCUT2D eigenvalue weighted by molar-refractivity contribution is 0.210. The molecular weight excluding hydrogens is 264 g/mol. The Hall–Kier alpha value is -2.08. The van der Waals surface area contributed by atoms with Gasteiger partial charge in [-0.15, -0.1) is 0 Å². The molecule has 2 rings (SSSR count). The van der Waals surface area contributed by atoms with E-state index in [1.807, 2.05) is 25.1 Å². The fraction of sp³-hybridized carbons (Fsp3) is 0.231. The fourth-order valence-corrected chi connectivity index (χ4v) is 2.69. The summed E-state index contributed by atoms with van der Waals surface area (Å²) in [5.41, 5.74) is 2.61. The zero-order chi connectivity index (χ0) is 14.0. The van der Waals surface area contributed by atoms with Crippen LogP contribution in [0.5, 0.6) is 5.75 Å². The Kier molecular flexibility index (Phi) is 3.71. The van der Waals surface area contributed by atoms with Gasteiger partial charge in [-0.3, -0.25) is 5.32 Å². The Morgan fingerprint density at radius 1 is 1.42 bits per heavy atom. The number of benzene rings is 1. The van der Waals surface area contributed by atoms with E-state index in [1.54, 1.807) is 14.0 Å². The number of amides is 1. The van der Waals surface area contributed by atoms with Crippen LogP contribution in [0.1, 0.15) is 11.3 Å². The summed E-state index contributed by atoms with van der Waals surface area (Å²) < 4.78 is 5.34. The SMILES string of the molecule is COc1cc(C)ccc1-c1nc(C)c(NC(=O)O)s1. The molecule has 1 aromatic heterocycles. The van der Waals surface area contributed by atoms with E-state index in [-0.39, 0.29) is 0 Å². The molecule has 0 saturated carbocycles. The van der Waals surface area contributed by atoms with Crippen molar-refractivity contribution in [3.63, 3.8) is 0 Å². The Morgan fingerprint density at radius 2 is 2.16 bits per heavy atom. The number of aromatic nitrogens is 1. The van der Waals surface area contributed by atoms with Gasteiger partial charge in [0.25, 0.3) is 0 Å². The van der Waals surface area contributed by atoms with Gasteiger partial charge < -0.3 is 9.84 Å². The van der Waals surface area contributed by atoms with E-state index in [1.165, 1.54) is 11.3 Å². The number of ether oxygens (including phenoxy) is 1. The van der Waals surface area contributed by atoms with Crippen molar-refractivity contribution in [1.82, 2.24) is 4.98 Å². The standard InChI is InChI=1S/C13H14N2O3S/c1-7-4-5-9(10(6-7)18-3)12-14-8(2)11(19-12)15-13(16)17/h4-6,15H,1-3H3,(H,16,17). The highest BCUT2D eigenvalue weighted by Gasteiger charge is 2.14. The van der Waals surface area contributed by atoms with E-state index in [9.17, 15) is 4.79 Å². The van der Waals surface area contributed by atoms with E-state index in [2.05, 4.69) is 10.3 Å². The predicted molar refractivity (Wildman–Crippen MR) is 75.2 cm³/mol. The summed E-state index contributed by atoms with van der Waals surface area (Å²) in [7, 11) is 1.61. The third-order valence-electron chi connectivity index (χ3n) is 2.60. The van der Waals surface area contributed by atoms with Crippen LogP contribution in [0, 0.1) is 13.8 Å². The van der Waals surface area contributed by atoms with Crippen LogP contribution in [-0.2, 0) is 0 Å². The molecule has 1 heterocycles. The average molecular weight is 278 g/mol. The molecule has 6 heteroatoms. The van der Waals surface area contributed by atoms with E-state index in [4.69, 9.17) is 9.84 Å². The molecule has 0 radical (unpaired) electrons. The van der Waals surface area contributed by atoms with Gasteiger partial charge in [-0.05, 0) is 31.5 Å². The van der Waals surface area contributed by atoms with Crippen LogP contribution in [-0.4, -0.2) is 23.3 Å². The predicted octanol–water partition coefficient (Wildman–Crippen LogP) is 3.53. The third kappa shape index (κ3) is 2.85. The van der Waals surface area contributed by atoms with Gasteiger partial charge in [-0.25, -0.2) is 9.78 Å². The first-order valence-corrected chi connectivity index (χ1v) is 6.45. The zero-order valence-corrected chi connectivity index (χ0v) is 11.7. The first kappa shape index (κ1) is 13.4. The van der Waals surface area contributed by atoms with Gasteiger partial charge in [0.2, 0.25) is 0 Å². The molecule has 19 heavy (non-hydrogen) atoms. The molecule has 1 aromatic carbocycles. The topological polar surface area (TPSA) is 71.5 Å². The van der Waals surface area contributed by atoms with Crippen molar-refractivity contribution in [3.05, 3.63) is 29.5 Å². The van der Waals surface area contributed by atoms with E-state index >= 15 is 0 Å². The lowest BCUT2D eigenvalue weighted by Gasteiger charge is -2.06. The number of thiazole rings is 1. The highest BCUT2D eigenvalue weighted by atomic mass is 32.1. The fourth-order valence-electron chi connectivity index (χ4n) is 1.70. The van der Waals surface area contributed by atoms with E-state index in [0.29, 0.717) is 10.7 Å². The van der Waals surface area contributed by atoms with Crippen molar-refractivity contribution < 1.29 is 14.6 Å². The van der Waals surface area contributed by atoms with Gasteiger partial charge in [0, 0.05) is 0 Å². The van der Waals surface area contributed by atoms with Crippen LogP contribution in [0.3, 0.4) is 0 Å². The number of hydrogen-bond acceptors (Lipinski definition) is 4. The summed E-state index contributed by atoms with van der Waals surface area (Å²) in [6, 6.07) is 5.83. The number of anilines is 1. The maximum absolute atomic E-state index is 10.7. The molecule has 0 fully saturated rings. The van der Waals surface area contributed by atoms with Gasteiger partial charge >= 0.3 is 6.09 Å². The molecule has 100 valence electrons. The molecule has 1 amide bonds. The van der Waals surface area contributed by atoms with Gasteiger partial charge in [0.1, 0.15) is 15.8 Å². The highest BCUT2D eigenvalue weighted by Crippen LogP contribution is 2.37. The lowest BCUT2D eigenvalue weighted by Crippen LogP contribution is -2.06. The number of hydrogen-bond donors (Lipinski definition) is 2. The minimum atomic E-state index is -1.09. The van der Waals surface area contributed by atoms with E-state index in [0.717, 1.165) is 21.9 Å². The number of rotatable bonds is 3. The molecule has 0 aliphatic heterocycles. The van der Waals surface area contributed by atoms with Crippen LogP contribution in [0.2, 0.25) is 0 Å². The summed E-state index contributed by atoms with van der Waals surface area (Å²) in [5.74, 6) is 0.732. The van der Waals surface area contributed by atoms with Crippen molar-refractivity contribution in [2.45, 2.75) is 13.8 Å². The summed E-state index contributed by atoms with van der Waals surface area (Å²) in [4.78, 5) is 15.1. The number of nitrogens with one attached hydrogen (secondary N) is 1. The Balaban J connectivity index is 2.45. The molecule has 0 aliphatic rings. The number of nitrogens with zero attached hydrogens (tertiary/aromatic N) is 1. The summed E-state index contributed by atoms with van der Waals surface area (Å²) in [6.07, 6.45) is -1.09. The second kappa shape index (κ2) is 5.27. The van der Waals surface area contributed by atoms with Crippen LogP contribution in [0.4, 0.5) is 9.80 Å². The summed E-state index contributed by atoms with van der Waals surface area (Å²) in [5, 5.41) is 12.4. The van der Waals surface area contributed by atoms with E-state index < -0.39 is 6.09 Å². The van der Waals surface area contributed by atoms with Crippen molar-refractivity contribution in [1.29, 1.82) is 0 Å². The molecule has 0 spiro atoms. The molecule has 2 N–H and O–H groups in total. The van der Waals surface area contributed by atoms with Crippen LogP contribution < -0.4 is 10.1 Å². The first-order chi connectivity index (χ1) is 9.01. The smallest absolute Gasteiger partial charge is 0.409 e. The summed E-state index contributed by atoms with van der Waals surface area (Å²) in [6.45, 7) is 3.75. The molecule has 0 saturated heterocycles. The molecular formula is C13H14N2O3S. The number of carbonyl (C=O) groups is 1. The minimum absolute atomic E-state index is 0.533. The monoisotopic (exact) mass is 278 g/mol. The molecule has 0 unspecified atom stereocenters. The molecule has 0 atom stereocenters. The maximum atomic E-state index is 10.7. The molecule has 2 aromatic rings. The molecule has 0 aliphatic carbocycles. The Morgan fingerprint density at radius 3 is 2.79 bits per heavy atom. The van der Waals surface area contributed by atoms with Gasteiger partial charge in [-0.2, -0.15) is 0 Å². The van der Waals surface area contributed by atoms with Crippen LogP contribution >= 0.6 is 11.3 Å². The zero-order valence-electron chi connectivity index (χ0n) is 10.9. The largest absolute Gasteiger partial charge is 0.496 e. The lowest BCUT2D eigenvalue weighted by atomic mass is 10.1. The Labute approximate surface area is 114 Å². The second-order valence-electron chi connectivity index (χ2n) is 4.07. The molecule has 0 bridgehead atoms. The number of methoxy groups -OCH3 is 1. The average Bonchev–Trinajstić information content (AvgIpc) is 2.69. The quantitative estimate of drug-likeness (QED) is 0.901. The Bertz CT molecular complexity index is 622. The van der Waals surface area contributed by atoms with Crippen LogP contribution in [0.25, 0.3) is 10.6 Å². The van der Waals surface area contributed by atoms with Gasteiger partial charge in [-0.1, -0.05) is 17.4 Å². The maximum Gasteiger partial charge on any atom is 0.409 e. The van der Waals surface area contributed by atoms with Crippen molar-refractivity contribution >= 4 is 22.4 Å². The van der Waals surface area contributed by atoms with Crippen molar-refractivity contribution in [3.8, 4) is 16.3 Å². The number of aryl methyl sites for hydroxylation is 2. The van der Waals surface area contributed by atoms with Crippen molar-refractivity contribution in [2.24, 2.45) is 0 Å². The first-order valence-electron chi connectivity index (χ1n) is 5.63.